The molecule has 0 bridgehead atoms. The molecule has 1 aliphatic heterocycles. The topological polar surface area (TPSA) is 149 Å². The van der Waals surface area contributed by atoms with Crippen LogP contribution in [0.25, 0.3) is 0 Å². The molecule has 0 radical (unpaired) electrons. The molecule has 1 rings (SSSR count). The molecule has 51 heavy (non-hydrogen) atoms. The van der Waals surface area contributed by atoms with E-state index in [2.05, 4.69) is 26.1 Å². The molecule has 0 aromatic carbocycles. The Bertz CT molecular complexity index is 827. The minimum atomic E-state index is -1.56. The molecule has 0 aromatic heterocycles. The van der Waals surface area contributed by atoms with Gasteiger partial charge in [0.15, 0.2) is 6.29 Å². The van der Waals surface area contributed by atoms with Gasteiger partial charge in [0, 0.05) is 6.42 Å². The molecule has 9 heteroatoms. The molecular weight excluding hydrogens is 646 g/mol. The molecule has 1 saturated heterocycles. The van der Waals surface area contributed by atoms with Crippen molar-refractivity contribution in [3.8, 4) is 0 Å². The Hall–Kier alpha value is -1.07. The number of hydrogen-bond acceptors (Lipinski definition) is 8. The third-order valence-electron chi connectivity index (χ3n) is 10.7. The van der Waals surface area contributed by atoms with Crippen molar-refractivity contribution >= 4 is 5.91 Å². The first-order valence-electron chi connectivity index (χ1n) is 21.3. The molecule has 0 spiro atoms. The van der Waals surface area contributed by atoms with Gasteiger partial charge in [-0.2, -0.15) is 0 Å². The quantitative estimate of drug-likeness (QED) is 0.0288. The van der Waals surface area contributed by atoms with E-state index in [1.165, 1.54) is 122 Å². The Labute approximate surface area is 312 Å². The van der Waals surface area contributed by atoms with Crippen molar-refractivity contribution in [1.29, 1.82) is 0 Å². The SMILES string of the molecule is CCCCCCCCCCCCCCCCCC(=O)N[C@@H](CO[C@@H]1O[C@H](CO)[C@@H](O)[C@H](O)[C@H]1O)[C@H](O)/C=C/CCCCCCCCCC(C)CC. The molecule has 0 aromatic rings. The van der Waals surface area contributed by atoms with E-state index in [4.69, 9.17) is 9.47 Å². The van der Waals surface area contributed by atoms with Crippen LogP contribution in [0, 0.1) is 5.92 Å². The normalized spacial score (nSPS) is 22.7. The molecule has 1 fully saturated rings. The van der Waals surface area contributed by atoms with Gasteiger partial charge in [-0.3, -0.25) is 4.79 Å². The summed E-state index contributed by atoms with van der Waals surface area (Å²) in [6.07, 6.45) is 26.8. The summed E-state index contributed by atoms with van der Waals surface area (Å²) in [6, 6.07) is -0.798. The van der Waals surface area contributed by atoms with Gasteiger partial charge < -0.3 is 40.3 Å². The minimum absolute atomic E-state index is 0.177. The molecule has 1 amide bonds. The maximum Gasteiger partial charge on any atom is 0.220 e. The Balaban J connectivity index is 2.40. The fraction of sp³-hybridized carbons (Fsp3) is 0.929. The van der Waals surface area contributed by atoms with Crippen LogP contribution >= 0.6 is 0 Å². The summed E-state index contributed by atoms with van der Waals surface area (Å²) in [7, 11) is 0. The van der Waals surface area contributed by atoms with Crippen molar-refractivity contribution in [2.24, 2.45) is 5.92 Å². The number of amides is 1. The third kappa shape index (κ3) is 24.1. The molecule has 1 unspecified atom stereocenters. The van der Waals surface area contributed by atoms with Crippen LogP contribution in [0.4, 0.5) is 0 Å². The third-order valence-corrected chi connectivity index (χ3v) is 10.7. The van der Waals surface area contributed by atoms with E-state index >= 15 is 0 Å². The predicted octanol–water partition coefficient (Wildman–Crippen LogP) is 8.02. The van der Waals surface area contributed by atoms with Crippen molar-refractivity contribution < 1.29 is 39.8 Å². The maximum atomic E-state index is 12.9. The van der Waals surface area contributed by atoms with Crippen LogP contribution in [0.5, 0.6) is 0 Å². The van der Waals surface area contributed by atoms with Gasteiger partial charge in [-0.05, 0) is 25.2 Å². The van der Waals surface area contributed by atoms with Crippen molar-refractivity contribution in [3.63, 3.8) is 0 Å². The highest BCUT2D eigenvalue weighted by Crippen LogP contribution is 2.23. The number of ether oxygens (including phenoxy) is 2. The lowest BCUT2D eigenvalue weighted by Crippen LogP contribution is -2.60. The first-order valence-corrected chi connectivity index (χ1v) is 21.3. The van der Waals surface area contributed by atoms with Gasteiger partial charge >= 0.3 is 0 Å². The smallest absolute Gasteiger partial charge is 0.220 e. The molecule has 0 aliphatic carbocycles. The van der Waals surface area contributed by atoms with Crippen LogP contribution in [0.3, 0.4) is 0 Å². The summed E-state index contributed by atoms with van der Waals surface area (Å²) in [4.78, 5) is 12.9. The summed E-state index contributed by atoms with van der Waals surface area (Å²) in [5.74, 6) is 0.654. The molecule has 1 heterocycles. The van der Waals surface area contributed by atoms with E-state index in [1.807, 2.05) is 6.08 Å². The fourth-order valence-electron chi connectivity index (χ4n) is 6.78. The maximum absolute atomic E-state index is 12.9. The highest BCUT2D eigenvalue weighted by Gasteiger charge is 2.44. The number of carbonyl (C=O) groups is 1. The molecule has 8 atom stereocenters. The van der Waals surface area contributed by atoms with Gasteiger partial charge in [0.25, 0.3) is 0 Å². The zero-order valence-electron chi connectivity index (χ0n) is 33.0. The minimum Gasteiger partial charge on any atom is -0.394 e. The number of hydrogen-bond donors (Lipinski definition) is 6. The van der Waals surface area contributed by atoms with Gasteiger partial charge in [0.1, 0.15) is 24.4 Å². The molecular formula is C42H81NO8. The second kappa shape index (κ2) is 32.4. The summed E-state index contributed by atoms with van der Waals surface area (Å²) in [6.45, 7) is 6.10. The number of carbonyl (C=O) groups excluding carboxylic acids is 1. The standard InChI is InChI=1S/C42H81NO8/c1-4-6-7-8-9-10-11-12-13-14-15-19-22-25-28-31-38(46)43-35(33-50-42-41(49)40(48)39(47)37(32-44)51-42)36(45)30-27-24-21-18-16-17-20-23-26-29-34(3)5-2/h27,30,34-37,39-42,44-45,47-49H,4-26,28-29,31-33H2,1-3H3,(H,43,46)/b30-27+/t34?,35-,36+,37+,39+,40-,41+,42+/m0/s1. The molecule has 0 saturated carbocycles. The number of allylic oxidation sites excluding steroid dienone is 1. The second-order valence-corrected chi connectivity index (χ2v) is 15.4. The Kier molecular flexibility index (Phi) is 30.4. The van der Waals surface area contributed by atoms with E-state index in [1.54, 1.807) is 6.08 Å². The van der Waals surface area contributed by atoms with E-state index in [0.717, 1.165) is 44.4 Å². The van der Waals surface area contributed by atoms with Crippen molar-refractivity contribution in [2.45, 2.75) is 231 Å². The number of aliphatic hydroxyl groups excluding tert-OH is 5. The largest absolute Gasteiger partial charge is 0.394 e. The van der Waals surface area contributed by atoms with Gasteiger partial charge in [0.05, 0.1) is 25.4 Å². The first-order chi connectivity index (χ1) is 24.7. The van der Waals surface area contributed by atoms with Crippen LogP contribution in [-0.4, -0.2) is 87.5 Å². The van der Waals surface area contributed by atoms with Crippen molar-refractivity contribution in [3.05, 3.63) is 12.2 Å². The van der Waals surface area contributed by atoms with E-state index in [9.17, 15) is 30.3 Å². The van der Waals surface area contributed by atoms with Crippen molar-refractivity contribution in [2.75, 3.05) is 13.2 Å². The number of unbranched alkanes of at least 4 members (excludes halogenated alkanes) is 21. The average Bonchev–Trinajstić information content (AvgIpc) is 3.13. The van der Waals surface area contributed by atoms with E-state index in [-0.39, 0.29) is 12.5 Å². The highest BCUT2D eigenvalue weighted by molar-refractivity contribution is 5.76. The summed E-state index contributed by atoms with van der Waals surface area (Å²) >= 11 is 0. The predicted molar refractivity (Wildman–Crippen MR) is 207 cm³/mol. The van der Waals surface area contributed by atoms with Crippen LogP contribution in [0.2, 0.25) is 0 Å². The second-order valence-electron chi connectivity index (χ2n) is 15.4. The zero-order valence-corrected chi connectivity index (χ0v) is 33.0. The molecule has 302 valence electrons. The lowest BCUT2D eigenvalue weighted by Gasteiger charge is -2.40. The average molecular weight is 728 g/mol. The zero-order chi connectivity index (χ0) is 37.5. The first kappa shape index (κ1) is 48.0. The summed E-state index contributed by atoms with van der Waals surface area (Å²) in [5, 5.41) is 54.0. The van der Waals surface area contributed by atoms with Crippen LogP contribution in [0.1, 0.15) is 188 Å². The molecule has 9 nitrogen and oxygen atoms in total. The lowest BCUT2D eigenvalue weighted by molar-refractivity contribution is -0.302. The number of rotatable bonds is 34. The Morgan fingerprint density at radius 1 is 0.725 bits per heavy atom. The number of nitrogens with one attached hydrogen (secondary N) is 1. The van der Waals surface area contributed by atoms with Crippen LogP contribution < -0.4 is 5.32 Å². The van der Waals surface area contributed by atoms with Gasteiger partial charge in [-0.15, -0.1) is 0 Å². The fourth-order valence-corrected chi connectivity index (χ4v) is 6.78. The summed E-state index contributed by atoms with van der Waals surface area (Å²) < 4.78 is 11.2. The lowest BCUT2D eigenvalue weighted by atomic mass is 9.99. The summed E-state index contributed by atoms with van der Waals surface area (Å²) in [5.41, 5.74) is 0. The Morgan fingerprint density at radius 3 is 1.76 bits per heavy atom. The van der Waals surface area contributed by atoms with Crippen LogP contribution in [-0.2, 0) is 14.3 Å². The highest BCUT2D eigenvalue weighted by atomic mass is 16.7. The van der Waals surface area contributed by atoms with Gasteiger partial charge in [-0.25, -0.2) is 0 Å². The van der Waals surface area contributed by atoms with E-state index < -0.39 is 49.5 Å². The van der Waals surface area contributed by atoms with Crippen molar-refractivity contribution in [1.82, 2.24) is 5.32 Å². The Morgan fingerprint density at radius 2 is 1.24 bits per heavy atom. The monoisotopic (exact) mass is 728 g/mol. The number of aliphatic hydroxyl groups is 5. The van der Waals surface area contributed by atoms with Gasteiger partial charge in [-0.1, -0.05) is 174 Å². The molecule has 6 N–H and O–H groups in total. The van der Waals surface area contributed by atoms with Crippen LogP contribution in [0.15, 0.2) is 12.2 Å². The van der Waals surface area contributed by atoms with E-state index in [0.29, 0.717) is 6.42 Å². The van der Waals surface area contributed by atoms with Gasteiger partial charge in [0.2, 0.25) is 5.91 Å². The molecule has 1 aliphatic rings.